The molecule has 3 fully saturated rings. The Labute approximate surface area is 73.9 Å². The van der Waals surface area contributed by atoms with Crippen LogP contribution in [0.3, 0.4) is 0 Å². The highest BCUT2D eigenvalue weighted by molar-refractivity contribution is 4.98. The van der Waals surface area contributed by atoms with Gasteiger partial charge in [0.1, 0.15) is 0 Å². The molecule has 3 rings (SSSR count). The van der Waals surface area contributed by atoms with Crippen LogP contribution in [-0.2, 0) is 0 Å². The molecule has 0 spiro atoms. The summed E-state index contributed by atoms with van der Waals surface area (Å²) >= 11 is 0. The Hall–Kier alpha value is -0.340. The minimum atomic E-state index is 0.334. The molecule has 3 aliphatic heterocycles. The number of rotatable bonds is 2. The molecule has 0 saturated carbocycles. The molecule has 0 aromatic carbocycles. The third kappa shape index (κ3) is 1.19. The van der Waals surface area contributed by atoms with E-state index in [1.165, 1.54) is 19.4 Å². The zero-order valence-electron chi connectivity index (χ0n) is 7.45. The number of aliphatic hydroxyl groups is 1. The van der Waals surface area contributed by atoms with Gasteiger partial charge in [0, 0.05) is 12.6 Å². The van der Waals surface area contributed by atoms with Crippen molar-refractivity contribution in [2.75, 3.05) is 19.7 Å². The van der Waals surface area contributed by atoms with Crippen LogP contribution in [0.25, 0.3) is 0 Å². The zero-order valence-corrected chi connectivity index (χ0v) is 7.45. The van der Waals surface area contributed by atoms with Gasteiger partial charge in [0.05, 0.1) is 6.61 Å². The molecule has 0 aromatic heterocycles. The number of hydrogen-bond donors (Lipinski definition) is 1. The van der Waals surface area contributed by atoms with Crippen LogP contribution in [0, 0.1) is 11.8 Å². The molecule has 12 heavy (non-hydrogen) atoms. The van der Waals surface area contributed by atoms with E-state index in [-0.39, 0.29) is 0 Å². The van der Waals surface area contributed by atoms with Gasteiger partial charge < -0.3 is 5.11 Å². The van der Waals surface area contributed by atoms with Gasteiger partial charge >= 0.3 is 0 Å². The second kappa shape index (κ2) is 3.19. The molecular weight excluding hydrogens is 150 g/mol. The normalized spacial score (nSPS) is 46.1. The summed E-state index contributed by atoms with van der Waals surface area (Å²) in [5.74, 6) is 1.48. The van der Waals surface area contributed by atoms with Crippen molar-refractivity contribution < 1.29 is 5.11 Å². The molecule has 3 saturated heterocycles. The van der Waals surface area contributed by atoms with Crippen LogP contribution in [0.15, 0.2) is 12.7 Å². The van der Waals surface area contributed by atoms with E-state index in [2.05, 4.69) is 17.6 Å². The van der Waals surface area contributed by atoms with Crippen molar-refractivity contribution in [3.05, 3.63) is 12.7 Å². The van der Waals surface area contributed by atoms with Crippen LogP contribution in [0.2, 0.25) is 0 Å². The van der Waals surface area contributed by atoms with Gasteiger partial charge in [0.25, 0.3) is 0 Å². The number of aliphatic hydroxyl groups excluding tert-OH is 1. The van der Waals surface area contributed by atoms with Crippen LogP contribution in [-0.4, -0.2) is 35.7 Å². The standard InChI is InChI=1S/C10H17NO/c1-2-8-6-11-4-3-9(8)5-10(11)7-12/h2,8-10,12H,1,3-7H2/t8-,9+,10+/m1/s1. The van der Waals surface area contributed by atoms with Gasteiger partial charge in [-0.1, -0.05) is 6.08 Å². The highest BCUT2D eigenvalue weighted by Crippen LogP contribution is 2.36. The SMILES string of the molecule is C=C[C@@H]1CN2CC[C@H]1C[C@H]2CO. The smallest absolute Gasteiger partial charge is 0.0586 e. The van der Waals surface area contributed by atoms with Crippen molar-refractivity contribution in [3.63, 3.8) is 0 Å². The molecule has 4 atom stereocenters. The maximum Gasteiger partial charge on any atom is 0.0586 e. The third-order valence-corrected chi connectivity index (χ3v) is 3.44. The van der Waals surface area contributed by atoms with Crippen LogP contribution < -0.4 is 0 Å². The van der Waals surface area contributed by atoms with E-state index in [4.69, 9.17) is 5.11 Å². The first-order valence-electron chi connectivity index (χ1n) is 4.82. The van der Waals surface area contributed by atoms with Crippen molar-refractivity contribution >= 4 is 0 Å². The number of hydrogen-bond acceptors (Lipinski definition) is 2. The molecule has 1 unspecified atom stereocenters. The van der Waals surface area contributed by atoms with Gasteiger partial charge in [-0.3, -0.25) is 4.90 Å². The Morgan fingerprint density at radius 2 is 2.42 bits per heavy atom. The Kier molecular flexibility index (Phi) is 2.20. The van der Waals surface area contributed by atoms with E-state index in [0.29, 0.717) is 18.6 Å². The molecule has 0 aliphatic carbocycles. The summed E-state index contributed by atoms with van der Waals surface area (Å²) in [5.41, 5.74) is 0. The summed E-state index contributed by atoms with van der Waals surface area (Å²) in [6.45, 7) is 6.50. The Morgan fingerprint density at radius 1 is 1.58 bits per heavy atom. The Bertz CT molecular complexity index is 181. The second-order valence-electron chi connectivity index (χ2n) is 4.02. The average Bonchev–Trinajstić information content (AvgIpc) is 2.18. The monoisotopic (exact) mass is 167 g/mol. The lowest BCUT2D eigenvalue weighted by atomic mass is 9.76. The van der Waals surface area contributed by atoms with Gasteiger partial charge in [-0.05, 0) is 31.2 Å². The van der Waals surface area contributed by atoms with Crippen molar-refractivity contribution in [1.82, 2.24) is 4.90 Å². The summed E-state index contributed by atoms with van der Waals surface area (Å²) in [4.78, 5) is 2.41. The summed E-state index contributed by atoms with van der Waals surface area (Å²) in [6, 6.07) is 0.444. The van der Waals surface area contributed by atoms with Crippen LogP contribution >= 0.6 is 0 Å². The number of fused-ring (bicyclic) bond motifs is 3. The summed E-state index contributed by atoms with van der Waals surface area (Å²) < 4.78 is 0. The van der Waals surface area contributed by atoms with Crippen molar-refractivity contribution in [3.8, 4) is 0 Å². The predicted octanol–water partition coefficient (Wildman–Crippen LogP) is 0.875. The highest BCUT2D eigenvalue weighted by Gasteiger charge is 2.38. The molecular formula is C10H17NO. The zero-order chi connectivity index (χ0) is 8.55. The van der Waals surface area contributed by atoms with Crippen molar-refractivity contribution in [2.45, 2.75) is 18.9 Å². The van der Waals surface area contributed by atoms with E-state index in [1.54, 1.807) is 0 Å². The van der Waals surface area contributed by atoms with Crippen LogP contribution in [0.5, 0.6) is 0 Å². The van der Waals surface area contributed by atoms with Gasteiger partial charge in [0.2, 0.25) is 0 Å². The van der Waals surface area contributed by atoms with Crippen LogP contribution in [0.1, 0.15) is 12.8 Å². The van der Waals surface area contributed by atoms with Gasteiger partial charge in [-0.15, -0.1) is 6.58 Å². The largest absolute Gasteiger partial charge is 0.395 e. The van der Waals surface area contributed by atoms with Gasteiger partial charge in [-0.2, -0.15) is 0 Å². The topological polar surface area (TPSA) is 23.5 Å². The van der Waals surface area contributed by atoms with E-state index in [1.807, 2.05) is 0 Å². The lowest BCUT2D eigenvalue weighted by Crippen LogP contribution is -2.54. The van der Waals surface area contributed by atoms with E-state index < -0.39 is 0 Å². The molecule has 0 aromatic rings. The lowest BCUT2D eigenvalue weighted by molar-refractivity contribution is -0.00631. The molecule has 3 heterocycles. The number of piperidine rings is 3. The molecule has 1 N–H and O–H groups in total. The van der Waals surface area contributed by atoms with E-state index in [9.17, 15) is 0 Å². The average molecular weight is 167 g/mol. The third-order valence-electron chi connectivity index (χ3n) is 3.44. The first-order chi connectivity index (χ1) is 5.85. The summed E-state index contributed by atoms with van der Waals surface area (Å²) in [5, 5.41) is 9.10. The molecule has 0 radical (unpaired) electrons. The van der Waals surface area contributed by atoms with Crippen molar-refractivity contribution in [2.24, 2.45) is 11.8 Å². The Balaban J connectivity index is 2.05. The fourth-order valence-electron chi connectivity index (χ4n) is 2.64. The lowest BCUT2D eigenvalue weighted by Gasteiger charge is -2.48. The van der Waals surface area contributed by atoms with Gasteiger partial charge in [0.15, 0.2) is 0 Å². The fraction of sp³-hybridized carbons (Fsp3) is 0.800. The van der Waals surface area contributed by atoms with Crippen LogP contribution in [0.4, 0.5) is 0 Å². The highest BCUT2D eigenvalue weighted by atomic mass is 16.3. The number of nitrogens with zero attached hydrogens (tertiary/aromatic N) is 1. The minimum Gasteiger partial charge on any atom is -0.395 e. The quantitative estimate of drug-likeness (QED) is 0.617. The second-order valence-corrected chi connectivity index (χ2v) is 4.02. The first kappa shape index (κ1) is 8.27. The minimum absolute atomic E-state index is 0.334. The van der Waals surface area contributed by atoms with Crippen molar-refractivity contribution in [1.29, 1.82) is 0 Å². The maximum absolute atomic E-state index is 9.10. The molecule has 3 aliphatic rings. The Morgan fingerprint density at radius 3 is 2.92 bits per heavy atom. The maximum atomic E-state index is 9.10. The molecule has 2 nitrogen and oxygen atoms in total. The molecule has 2 heteroatoms. The molecule has 2 bridgehead atoms. The van der Waals surface area contributed by atoms with Gasteiger partial charge in [-0.25, -0.2) is 0 Å². The summed E-state index contributed by atoms with van der Waals surface area (Å²) in [7, 11) is 0. The molecule has 0 amide bonds. The first-order valence-corrected chi connectivity index (χ1v) is 4.82. The predicted molar refractivity (Wildman–Crippen MR) is 48.9 cm³/mol. The molecule has 68 valence electrons. The van der Waals surface area contributed by atoms with E-state index >= 15 is 0 Å². The van der Waals surface area contributed by atoms with E-state index in [0.717, 1.165) is 12.5 Å². The summed E-state index contributed by atoms with van der Waals surface area (Å²) in [6.07, 6.45) is 4.56. The fourth-order valence-corrected chi connectivity index (χ4v) is 2.64.